The maximum absolute atomic E-state index is 12.2. The highest BCUT2D eigenvalue weighted by atomic mass is 35.5. The summed E-state index contributed by atoms with van der Waals surface area (Å²) in [6.07, 6.45) is 0. The summed E-state index contributed by atoms with van der Waals surface area (Å²) < 4.78 is 10.8. The van der Waals surface area contributed by atoms with E-state index in [2.05, 4.69) is 10.6 Å². The quantitative estimate of drug-likeness (QED) is 0.559. The minimum atomic E-state index is -0.303. The van der Waals surface area contributed by atoms with Crippen LogP contribution in [0.3, 0.4) is 0 Å². The number of hydrogen-bond acceptors (Lipinski definition) is 4. The molecule has 3 aromatic rings. The van der Waals surface area contributed by atoms with Crippen LogP contribution in [0, 0.1) is 0 Å². The number of carbonyl (C=O) groups excluding carboxylic acids is 1. The van der Waals surface area contributed by atoms with E-state index in [9.17, 15) is 4.79 Å². The van der Waals surface area contributed by atoms with E-state index in [0.29, 0.717) is 27.8 Å². The Bertz CT molecular complexity index is 958. The molecule has 0 heterocycles. The largest absolute Gasteiger partial charge is 0.497 e. The summed E-state index contributed by atoms with van der Waals surface area (Å²) in [6.45, 7) is 0. The molecule has 0 aliphatic carbocycles. The van der Waals surface area contributed by atoms with Crippen LogP contribution in [0.15, 0.2) is 72.8 Å². The van der Waals surface area contributed by atoms with Crippen molar-refractivity contribution >= 4 is 40.5 Å². The van der Waals surface area contributed by atoms with Crippen molar-refractivity contribution < 1.29 is 14.3 Å². The van der Waals surface area contributed by atoms with E-state index in [-0.39, 0.29) is 11.0 Å². The van der Waals surface area contributed by atoms with Gasteiger partial charge in [-0.05, 0) is 85.0 Å². The molecular formula is C21H17ClN2O3S. The van der Waals surface area contributed by atoms with Crippen LogP contribution in [0.25, 0.3) is 0 Å². The number of hydrogen-bond donors (Lipinski definition) is 2. The third-order valence-corrected chi connectivity index (χ3v) is 4.20. The summed E-state index contributed by atoms with van der Waals surface area (Å²) in [4.78, 5) is 12.2. The molecule has 3 aromatic carbocycles. The molecular weight excluding hydrogens is 396 g/mol. The normalized spacial score (nSPS) is 10.1. The Balaban J connectivity index is 1.54. The molecule has 1 amide bonds. The number of amides is 1. The summed E-state index contributed by atoms with van der Waals surface area (Å²) in [6, 6.07) is 21.1. The zero-order chi connectivity index (χ0) is 19.9. The van der Waals surface area contributed by atoms with E-state index in [1.807, 2.05) is 0 Å². The number of anilines is 1. The van der Waals surface area contributed by atoms with Crippen LogP contribution in [0.5, 0.6) is 17.2 Å². The van der Waals surface area contributed by atoms with Crippen LogP contribution >= 0.6 is 23.8 Å². The number of methoxy groups -OCH3 is 1. The van der Waals surface area contributed by atoms with E-state index in [0.717, 1.165) is 5.69 Å². The van der Waals surface area contributed by atoms with E-state index in [1.54, 1.807) is 79.9 Å². The average Bonchev–Trinajstić information content (AvgIpc) is 2.71. The lowest BCUT2D eigenvalue weighted by molar-refractivity contribution is 0.0977. The molecule has 7 heteroatoms. The highest BCUT2D eigenvalue weighted by molar-refractivity contribution is 7.80. The highest BCUT2D eigenvalue weighted by Gasteiger charge is 2.08. The summed E-state index contributed by atoms with van der Waals surface area (Å²) in [5.74, 6) is 1.73. The molecule has 0 atom stereocenters. The van der Waals surface area contributed by atoms with Crippen LogP contribution in [-0.2, 0) is 0 Å². The highest BCUT2D eigenvalue weighted by Crippen LogP contribution is 2.24. The van der Waals surface area contributed by atoms with Gasteiger partial charge in [0.05, 0.1) is 7.11 Å². The van der Waals surface area contributed by atoms with E-state index in [4.69, 9.17) is 33.3 Å². The van der Waals surface area contributed by atoms with Crippen molar-refractivity contribution in [3.05, 3.63) is 83.4 Å². The molecule has 0 fully saturated rings. The van der Waals surface area contributed by atoms with Gasteiger partial charge in [0.1, 0.15) is 17.2 Å². The maximum atomic E-state index is 12.2. The van der Waals surface area contributed by atoms with Crippen LogP contribution in [0.4, 0.5) is 5.69 Å². The molecule has 5 nitrogen and oxygen atoms in total. The van der Waals surface area contributed by atoms with Gasteiger partial charge in [0.2, 0.25) is 0 Å². The second-order valence-electron chi connectivity index (χ2n) is 5.72. The predicted octanol–water partition coefficient (Wildman–Crippen LogP) is 5.27. The third kappa shape index (κ3) is 5.45. The topological polar surface area (TPSA) is 59.6 Å². The lowest BCUT2D eigenvalue weighted by Gasteiger charge is -2.11. The molecule has 28 heavy (non-hydrogen) atoms. The Morgan fingerprint density at radius 3 is 1.96 bits per heavy atom. The van der Waals surface area contributed by atoms with Crippen LogP contribution in [0.2, 0.25) is 5.02 Å². The fourth-order valence-electron chi connectivity index (χ4n) is 2.33. The van der Waals surface area contributed by atoms with Crippen molar-refractivity contribution in [2.75, 3.05) is 12.4 Å². The molecule has 0 unspecified atom stereocenters. The number of thiocarbonyl (C=S) groups is 1. The van der Waals surface area contributed by atoms with Gasteiger partial charge in [-0.1, -0.05) is 11.6 Å². The number of benzene rings is 3. The Kier molecular flexibility index (Phi) is 6.47. The van der Waals surface area contributed by atoms with Gasteiger partial charge in [0, 0.05) is 16.3 Å². The SMILES string of the molecule is COc1ccc(C(=O)NC(=S)Nc2ccc(Oc3ccc(Cl)cc3)cc2)cc1. The van der Waals surface area contributed by atoms with E-state index >= 15 is 0 Å². The molecule has 2 N–H and O–H groups in total. The van der Waals surface area contributed by atoms with Gasteiger partial charge in [-0.3, -0.25) is 10.1 Å². The minimum absolute atomic E-state index is 0.201. The van der Waals surface area contributed by atoms with E-state index < -0.39 is 0 Å². The first-order valence-corrected chi connectivity index (χ1v) is 9.12. The Morgan fingerprint density at radius 1 is 0.857 bits per heavy atom. The molecule has 0 saturated heterocycles. The molecule has 3 rings (SSSR count). The predicted molar refractivity (Wildman–Crippen MR) is 115 cm³/mol. The molecule has 0 aliphatic heterocycles. The number of rotatable bonds is 5. The monoisotopic (exact) mass is 412 g/mol. The molecule has 0 aromatic heterocycles. The fraction of sp³-hybridized carbons (Fsp3) is 0.0476. The van der Waals surface area contributed by atoms with Gasteiger partial charge in [0.25, 0.3) is 5.91 Å². The lowest BCUT2D eigenvalue weighted by atomic mass is 10.2. The molecule has 0 bridgehead atoms. The Morgan fingerprint density at radius 2 is 1.39 bits per heavy atom. The number of nitrogens with one attached hydrogen (secondary N) is 2. The molecule has 142 valence electrons. The second kappa shape index (κ2) is 9.21. The van der Waals surface area contributed by atoms with E-state index in [1.165, 1.54) is 0 Å². The lowest BCUT2D eigenvalue weighted by Crippen LogP contribution is -2.34. The zero-order valence-corrected chi connectivity index (χ0v) is 16.5. The van der Waals surface area contributed by atoms with Crippen LogP contribution in [-0.4, -0.2) is 18.1 Å². The smallest absolute Gasteiger partial charge is 0.257 e. The van der Waals surface area contributed by atoms with Crippen molar-refractivity contribution in [3.63, 3.8) is 0 Å². The van der Waals surface area contributed by atoms with Crippen molar-refractivity contribution in [1.82, 2.24) is 5.32 Å². The summed E-state index contributed by atoms with van der Waals surface area (Å²) in [5, 5.41) is 6.46. The molecule has 0 aliphatic rings. The first-order valence-electron chi connectivity index (χ1n) is 8.33. The van der Waals surface area contributed by atoms with Crippen molar-refractivity contribution in [1.29, 1.82) is 0 Å². The molecule has 0 radical (unpaired) electrons. The van der Waals surface area contributed by atoms with Crippen molar-refractivity contribution in [2.24, 2.45) is 0 Å². The van der Waals surface area contributed by atoms with Gasteiger partial charge < -0.3 is 14.8 Å². The van der Waals surface area contributed by atoms with Gasteiger partial charge in [-0.2, -0.15) is 0 Å². The minimum Gasteiger partial charge on any atom is -0.497 e. The molecule has 0 saturated carbocycles. The number of carbonyl (C=O) groups is 1. The maximum Gasteiger partial charge on any atom is 0.257 e. The Hall–Kier alpha value is -3.09. The van der Waals surface area contributed by atoms with Gasteiger partial charge in [-0.25, -0.2) is 0 Å². The average molecular weight is 413 g/mol. The Labute approximate surface area is 173 Å². The standard InChI is InChI=1S/C21H17ClN2O3S/c1-26-17-8-2-14(3-9-17)20(25)24-21(28)23-16-6-12-19(13-7-16)27-18-10-4-15(22)5-11-18/h2-13H,1H3,(H2,23,24,25,28). The first kappa shape index (κ1) is 19.7. The van der Waals surface area contributed by atoms with Crippen molar-refractivity contribution in [2.45, 2.75) is 0 Å². The number of ether oxygens (including phenoxy) is 2. The second-order valence-corrected chi connectivity index (χ2v) is 6.56. The van der Waals surface area contributed by atoms with Gasteiger partial charge in [0.15, 0.2) is 5.11 Å². The van der Waals surface area contributed by atoms with Gasteiger partial charge in [-0.15, -0.1) is 0 Å². The van der Waals surface area contributed by atoms with Crippen LogP contribution < -0.4 is 20.1 Å². The van der Waals surface area contributed by atoms with Crippen molar-refractivity contribution in [3.8, 4) is 17.2 Å². The fourth-order valence-corrected chi connectivity index (χ4v) is 2.66. The first-order chi connectivity index (χ1) is 13.5. The molecule has 0 spiro atoms. The summed E-state index contributed by atoms with van der Waals surface area (Å²) in [5.41, 5.74) is 1.21. The summed E-state index contributed by atoms with van der Waals surface area (Å²) >= 11 is 11.1. The number of halogens is 1. The zero-order valence-electron chi connectivity index (χ0n) is 14.9. The van der Waals surface area contributed by atoms with Crippen LogP contribution in [0.1, 0.15) is 10.4 Å². The van der Waals surface area contributed by atoms with Gasteiger partial charge >= 0.3 is 0 Å². The third-order valence-electron chi connectivity index (χ3n) is 3.74. The summed E-state index contributed by atoms with van der Waals surface area (Å²) in [7, 11) is 1.57.